The molecule has 0 radical (unpaired) electrons. The van der Waals surface area contributed by atoms with Crippen LogP contribution in [-0.2, 0) is 4.84 Å². The first-order chi connectivity index (χ1) is 6.93. The molecule has 0 spiro atoms. The highest BCUT2D eigenvalue weighted by Gasteiger charge is 2.01. The minimum Gasteiger partial charge on any atom is -0.395 e. The molecule has 0 aromatic carbocycles. The lowest BCUT2D eigenvalue weighted by atomic mass is 10.3. The number of nitrogens with zero attached hydrogens (tertiary/aromatic N) is 2. The third-order valence-electron chi connectivity index (χ3n) is 1.58. The molecule has 0 aromatic rings. The average molecular weight is 193 g/mol. The first-order valence-corrected chi connectivity index (χ1v) is 4.78. The SMILES string of the molecule is CCC#CCCON=C1CN=CNC1. The van der Waals surface area contributed by atoms with Gasteiger partial charge in [0.25, 0.3) is 0 Å². The molecule has 0 aromatic heterocycles. The summed E-state index contributed by atoms with van der Waals surface area (Å²) in [5, 5.41) is 6.92. The second-order valence-corrected chi connectivity index (χ2v) is 2.80. The fraction of sp³-hybridized carbons (Fsp3) is 0.600. The van der Waals surface area contributed by atoms with E-state index < -0.39 is 0 Å². The van der Waals surface area contributed by atoms with Crippen LogP contribution in [-0.4, -0.2) is 31.7 Å². The van der Waals surface area contributed by atoms with E-state index in [9.17, 15) is 0 Å². The molecule has 0 saturated carbocycles. The topological polar surface area (TPSA) is 46.0 Å². The van der Waals surface area contributed by atoms with Crippen LogP contribution in [0.3, 0.4) is 0 Å². The number of hydrogen-bond acceptors (Lipinski definition) is 4. The lowest BCUT2D eigenvalue weighted by Gasteiger charge is -2.07. The van der Waals surface area contributed by atoms with Crippen molar-refractivity contribution in [3.8, 4) is 11.8 Å². The second kappa shape index (κ2) is 6.96. The standard InChI is InChI=1S/C10H15N3O/c1-2-3-4-5-6-14-13-10-7-11-9-12-8-10/h9H,2,5-8H2,1H3,(H,11,12). The van der Waals surface area contributed by atoms with Gasteiger partial charge in [0.2, 0.25) is 0 Å². The van der Waals surface area contributed by atoms with Crippen molar-refractivity contribution in [2.45, 2.75) is 19.8 Å². The van der Waals surface area contributed by atoms with Gasteiger partial charge in [-0.3, -0.25) is 4.99 Å². The number of hydrogen-bond donors (Lipinski definition) is 1. The van der Waals surface area contributed by atoms with Gasteiger partial charge in [-0.15, -0.1) is 5.92 Å². The van der Waals surface area contributed by atoms with Gasteiger partial charge in [-0.05, 0) is 0 Å². The van der Waals surface area contributed by atoms with Crippen LogP contribution in [0.5, 0.6) is 0 Å². The van der Waals surface area contributed by atoms with Gasteiger partial charge in [-0.25, -0.2) is 0 Å². The van der Waals surface area contributed by atoms with E-state index in [4.69, 9.17) is 4.84 Å². The highest BCUT2D eigenvalue weighted by atomic mass is 16.6. The van der Waals surface area contributed by atoms with Crippen molar-refractivity contribution in [2.75, 3.05) is 19.7 Å². The average Bonchev–Trinajstić information content (AvgIpc) is 2.25. The predicted molar refractivity (Wildman–Crippen MR) is 57.4 cm³/mol. The third-order valence-corrected chi connectivity index (χ3v) is 1.58. The molecular weight excluding hydrogens is 178 g/mol. The second-order valence-electron chi connectivity index (χ2n) is 2.80. The van der Waals surface area contributed by atoms with Crippen molar-refractivity contribution in [3.63, 3.8) is 0 Å². The van der Waals surface area contributed by atoms with Crippen LogP contribution in [0.2, 0.25) is 0 Å². The molecule has 1 aliphatic rings. The Morgan fingerprint density at radius 2 is 2.57 bits per heavy atom. The van der Waals surface area contributed by atoms with E-state index >= 15 is 0 Å². The van der Waals surface area contributed by atoms with E-state index in [-0.39, 0.29) is 0 Å². The molecule has 1 rings (SSSR count). The number of rotatable bonds is 3. The molecule has 1 N–H and O–H groups in total. The van der Waals surface area contributed by atoms with Crippen molar-refractivity contribution in [2.24, 2.45) is 10.1 Å². The minimum absolute atomic E-state index is 0.556. The summed E-state index contributed by atoms with van der Waals surface area (Å²) in [4.78, 5) is 9.10. The summed E-state index contributed by atoms with van der Waals surface area (Å²) in [6.45, 7) is 3.94. The van der Waals surface area contributed by atoms with Crippen LogP contribution in [0.15, 0.2) is 10.1 Å². The maximum absolute atomic E-state index is 5.09. The molecule has 0 amide bonds. The molecular formula is C10H15N3O. The largest absolute Gasteiger partial charge is 0.395 e. The third kappa shape index (κ3) is 4.51. The Balaban J connectivity index is 2.10. The Labute approximate surface area is 84.4 Å². The molecule has 0 unspecified atom stereocenters. The maximum Gasteiger partial charge on any atom is 0.128 e. The zero-order valence-electron chi connectivity index (χ0n) is 8.42. The first kappa shape index (κ1) is 10.6. The quantitative estimate of drug-likeness (QED) is 0.409. The van der Waals surface area contributed by atoms with E-state index in [1.54, 1.807) is 6.34 Å². The molecule has 0 aliphatic carbocycles. The lowest BCUT2D eigenvalue weighted by Crippen LogP contribution is -2.28. The van der Waals surface area contributed by atoms with Crippen LogP contribution in [0.1, 0.15) is 19.8 Å². The van der Waals surface area contributed by atoms with E-state index in [1.165, 1.54) is 0 Å². The summed E-state index contributed by atoms with van der Waals surface area (Å²) in [7, 11) is 0. The van der Waals surface area contributed by atoms with Crippen LogP contribution in [0.25, 0.3) is 0 Å². The van der Waals surface area contributed by atoms with Crippen LogP contribution in [0, 0.1) is 11.8 Å². The van der Waals surface area contributed by atoms with Crippen LogP contribution in [0.4, 0.5) is 0 Å². The summed E-state index contributed by atoms with van der Waals surface area (Å²) in [6, 6.07) is 0. The fourth-order valence-electron chi connectivity index (χ4n) is 0.943. The summed E-state index contributed by atoms with van der Waals surface area (Å²) in [6.07, 6.45) is 3.32. The smallest absolute Gasteiger partial charge is 0.128 e. The normalized spacial score (nSPS) is 17.1. The van der Waals surface area contributed by atoms with Gasteiger partial charge in [0.05, 0.1) is 25.1 Å². The molecule has 4 heteroatoms. The van der Waals surface area contributed by atoms with E-state index in [0.29, 0.717) is 13.2 Å². The number of oxime groups is 1. The summed E-state index contributed by atoms with van der Waals surface area (Å²) in [5.41, 5.74) is 0.927. The van der Waals surface area contributed by atoms with Crippen molar-refractivity contribution in [1.82, 2.24) is 5.32 Å². The Bertz CT molecular complexity index is 273. The van der Waals surface area contributed by atoms with Gasteiger partial charge >= 0.3 is 0 Å². The molecule has 14 heavy (non-hydrogen) atoms. The molecule has 76 valence electrons. The molecule has 0 saturated heterocycles. The molecule has 0 atom stereocenters. The predicted octanol–water partition coefficient (Wildman–Crippen LogP) is 0.794. The van der Waals surface area contributed by atoms with Crippen LogP contribution >= 0.6 is 0 Å². The Morgan fingerprint density at radius 1 is 1.64 bits per heavy atom. The van der Waals surface area contributed by atoms with Crippen LogP contribution < -0.4 is 5.32 Å². The Kier molecular flexibility index (Phi) is 5.26. The van der Waals surface area contributed by atoms with E-state index in [1.807, 2.05) is 6.92 Å². The number of aliphatic imine (C=N–C) groups is 1. The van der Waals surface area contributed by atoms with Gasteiger partial charge in [-0.2, -0.15) is 0 Å². The van der Waals surface area contributed by atoms with Gasteiger partial charge in [0, 0.05) is 12.8 Å². The zero-order chi connectivity index (χ0) is 10.1. The Morgan fingerprint density at radius 3 is 3.29 bits per heavy atom. The van der Waals surface area contributed by atoms with E-state index in [2.05, 4.69) is 27.3 Å². The summed E-state index contributed by atoms with van der Waals surface area (Å²) >= 11 is 0. The Hall–Kier alpha value is -1.50. The molecule has 0 bridgehead atoms. The van der Waals surface area contributed by atoms with Gasteiger partial charge in [0.1, 0.15) is 6.61 Å². The first-order valence-electron chi connectivity index (χ1n) is 4.78. The van der Waals surface area contributed by atoms with Gasteiger partial charge in [-0.1, -0.05) is 18.0 Å². The minimum atomic E-state index is 0.556. The molecule has 4 nitrogen and oxygen atoms in total. The zero-order valence-corrected chi connectivity index (χ0v) is 8.42. The van der Waals surface area contributed by atoms with Crippen molar-refractivity contribution < 1.29 is 4.84 Å². The summed E-state index contributed by atoms with van der Waals surface area (Å²) < 4.78 is 0. The van der Waals surface area contributed by atoms with Crippen molar-refractivity contribution in [3.05, 3.63) is 0 Å². The highest BCUT2D eigenvalue weighted by Crippen LogP contribution is 1.88. The van der Waals surface area contributed by atoms with Crippen molar-refractivity contribution >= 4 is 12.1 Å². The van der Waals surface area contributed by atoms with Crippen molar-refractivity contribution in [1.29, 1.82) is 0 Å². The lowest BCUT2D eigenvalue weighted by molar-refractivity contribution is 0.149. The van der Waals surface area contributed by atoms with Gasteiger partial charge in [0.15, 0.2) is 0 Å². The summed E-state index contributed by atoms with van der Waals surface area (Å²) in [5.74, 6) is 5.96. The fourth-order valence-corrected chi connectivity index (χ4v) is 0.943. The highest BCUT2D eigenvalue weighted by molar-refractivity contribution is 5.92. The van der Waals surface area contributed by atoms with Gasteiger partial charge < -0.3 is 10.2 Å². The monoisotopic (exact) mass is 193 g/mol. The number of nitrogens with one attached hydrogen (secondary N) is 1. The van der Waals surface area contributed by atoms with E-state index in [0.717, 1.165) is 25.1 Å². The maximum atomic E-state index is 5.09. The molecule has 1 aliphatic heterocycles. The molecule has 1 heterocycles. The molecule has 0 fully saturated rings.